The Bertz CT molecular complexity index is 264. The Morgan fingerprint density at radius 3 is 2.22 bits per heavy atom. The monoisotopic (exact) mass is 282 g/mol. The Balaban J connectivity index is 0. The third-order valence-corrected chi connectivity index (χ3v) is 2.17. The fourth-order valence-electron chi connectivity index (χ4n) is 1.16. The predicted molar refractivity (Wildman–Crippen MR) is 68.7 cm³/mol. The first-order chi connectivity index (χ1) is 8.24. The molecular weight excluding hydrogens is 259 g/mol. The molecule has 0 aromatic heterocycles. The first-order valence-corrected chi connectivity index (χ1v) is 7.38. The topological polar surface area (TPSA) is 104 Å². The summed E-state index contributed by atoms with van der Waals surface area (Å²) in [6.45, 7) is 8.19. The number of rotatable bonds is 7. The lowest BCUT2D eigenvalue weighted by Gasteiger charge is -2.13. The molecule has 0 saturated carbocycles. The van der Waals surface area contributed by atoms with E-state index in [0.29, 0.717) is 12.5 Å². The highest BCUT2D eigenvalue weighted by Crippen LogP contribution is 2.25. The minimum absolute atomic E-state index is 0.310. The van der Waals surface area contributed by atoms with Crippen LogP contribution in [0.25, 0.3) is 0 Å². The van der Waals surface area contributed by atoms with Crippen molar-refractivity contribution in [1.29, 1.82) is 0 Å². The van der Waals surface area contributed by atoms with Gasteiger partial charge in [-0.2, -0.15) is 0 Å². The molecule has 0 aromatic rings. The average Bonchev–Trinajstić information content (AvgIpc) is 2.26. The number of ether oxygens (including phenoxy) is 1. The molecule has 1 unspecified atom stereocenters. The summed E-state index contributed by atoms with van der Waals surface area (Å²) in [6.07, 6.45) is 5.85. The van der Waals surface area contributed by atoms with Gasteiger partial charge in [0, 0.05) is 6.08 Å². The highest BCUT2D eigenvalue weighted by molar-refractivity contribution is 7.45. The maximum Gasteiger partial charge on any atom is 0.466 e. The molecule has 7 heteroatoms. The summed E-state index contributed by atoms with van der Waals surface area (Å²) in [5, 5.41) is 0. The van der Waals surface area contributed by atoms with Crippen LogP contribution in [-0.2, 0) is 14.1 Å². The van der Waals surface area contributed by atoms with Crippen LogP contribution in [0.4, 0.5) is 0 Å². The van der Waals surface area contributed by atoms with Crippen LogP contribution < -0.4 is 0 Å². The summed E-state index contributed by atoms with van der Waals surface area (Å²) in [5.74, 6) is 0.207. The van der Waals surface area contributed by atoms with Crippen molar-refractivity contribution in [2.24, 2.45) is 5.92 Å². The number of phosphoric acid groups is 1. The lowest BCUT2D eigenvalue weighted by atomic mass is 10.0. The summed E-state index contributed by atoms with van der Waals surface area (Å²) >= 11 is 0. The third-order valence-electron chi connectivity index (χ3n) is 2.17. The van der Waals surface area contributed by atoms with E-state index in [1.165, 1.54) is 18.9 Å². The molecule has 1 atom stereocenters. The van der Waals surface area contributed by atoms with Crippen molar-refractivity contribution in [2.75, 3.05) is 6.61 Å². The number of esters is 1. The lowest BCUT2D eigenvalue weighted by Crippen LogP contribution is -2.12. The molecule has 0 rings (SSSR count). The molecule has 0 saturated heterocycles. The zero-order chi connectivity index (χ0) is 14.6. The molecule has 6 nitrogen and oxygen atoms in total. The van der Waals surface area contributed by atoms with E-state index in [4.69, 9.17) is 24.0 Å². The van der Waals surface area contributed by atoms with E-state index in [2.05, 4.69) is 20.4 Å². The molecule has 0 bridgehead atoms. The Kier molecular flexibility index (Phi) is 12.5. The molecule has 108 valence electrons. The predicted octanol–water partition coefficient (Wildman–Crippen LogP) is 2.00. The molecular formula is C11H23O6P. The molecule has 0 aliphatic heterocycles. The van der Waals surface area contributed by atoms with Crippen LogP contribution in [0.1, 0.15) is 39.5 Å². The van der Waals surface area contributed by atoms with Crippen LogP contribution in [0.3, 0.4) is 0 Å². The summed E-state index contributed by atoms with van der Waals surface area (Å²) in [5.41, 5.74) is 0. The smallest absolute Gasteiger partial charge is 0.462 e. The van der Waals surface area contributed by atoms with Crippen LogP contribution in [0.5, 0.6) is 0 Å². The van der Waals surface area contributed by atoms with Crippen LogP contribution >= 0.6 is 7.82 Å². The number of unbranched alkanes of at least 4 members (excludes halogenated alkanes) is 1. The van der Waals surface area contributed by atoms with E-state index in [-0.39, 0.29) is 5.97 Å². The quantitative estimate of drug-likeness (QED) is 0.375. The van der Waals surface area contributed by atoms with E-state index in [9.17, 15) is 4.79 Å². The van der Waals surface area contributed by atoms with Crippen LogP contribution in [-0.4, -0.2) is 27.3 Å². The van der Waals surface area contributed by atoms with Crippen LogP contribution in [0.15, 0.2) is 12.7 Å². The molecule has 0 spiro atoms. The van der Waals surface area contributed by atoms with E-state index in [0.717, 1.165) is 12.8 Å². The average molecular weight is 282 g/mol. The standard InChI is InChI=1S/C11H20O2.H3O4P/c1-4-7-8-10(5-2)9-13-11(12)6-3;1-5(2,3)4/h6,10H,3-5,7-9H2,1-2H3;(H3,1,2,3,4). The van der Waals surface area contributed by atoms with Gasteiger partial charge in [0.2, 0.25) is 0 Å². The van der Waals surface area contributed by atoms with Crippen molar-refractivity contribution in [3.8, 4) is 0 Å². The normalized spacial score (nSPS) is 12.1. The summed E-state index contributed by atoms with van der Waals surface area (Å²) < 4.78 is 13.9. The molecule has 0 heterocycles. The molecule has 18 heavy (non-hydrogen) atoms. The number of hydrogen-bond acceptors (Lipinski definition) is 3. The zero-order valence-corrected chi connectivity index (χ0v) is 11.8. The second-order valence-electron chi connectivity index (χ2n) is 3.76. The molecule has 3 N–H and O–H groups in total. The van der Waals surface area contributed by atoms with Crippen molar-refractivity contribution in [3.63, 3.8) is 0 Å². The maximum absolute atomic E-state index is 10.8. The van der Waals surface area contributed by atoms with Gasteiger partial charge >= 0.3 is 13.8 Å². The lowest BCUT2D eigenvalue weighted by molar-refractivity contribution is -0.139. The summed E-state index contributed by atoms with van der Waals surface area (Å²) in [6, 6.07) is 0. The highest BCUT2D eigenvalue weighted by atomic mass is 31.2. The van der Waals surface area contributed by atoms with Gasteiger partial charge in [0.1, 0.15) is 0 Å². The van der Waals surface area contributed by atoms with Crippen molar-refractivity contribution < 1.29 is 28.8 Å². The van der Waals surface area contributed by atoms with Gasteiger partial charge in [-0.3, -0.25) is 0 Å². The minimum Gasteiger partial charge on any atom is -0.462 e. The maximum atomic E-state index is 10.8. The van der Waals surface area contributed by atoms with Crippen molar-refractivity contribution in [3.05, 3.63) is 12.7 Å². The summed E-state index contributed by atoms with van der Waals surface area (Å²) in [7, 11) is -4.64. The fourth-order valence-corrected chi connectivity index (χ4v) is 1.16. The van der Waals surface area contributed by atoms with Crippen molar-refractivity contribution in [1.82, 2.24) is 0 Å². The van der Waals surface area contributed by atoms with Gasteiger partial charge in [-0.05, 0) is 12.3 Å². The van der Waals surface area contributed by atoms with Gasteiger partial charge < -0.3 is 19.4 Å². The number of hydrogen-bond donors (Lipinski definition) is 3. The van der Waals surface area contributed by atoms with E-state index in [1.807, 2.05) is 0 Å². The Morgan fingerprint density at radius 1 is 1.39 bits per heavy atom. The Morgan fingerprint density at radius 2 is 1.89 bits per heavy atom. The zero-order valence-electron chi connectivity index (χ0n) is 10.9. The van der Waals surface area contributed by atoms with Gasteiger partial charge in [0.25, 0.3) is 0 Å². The second-order valence-corrected chi connectivity index (χ2v) is 4.79. The van der Waals surface area contributed by atoms with Crippen LogP contribution in [0.2, 0.25) is 0 Å². The number of carbonyl (C=O) groups excluding carboxylic acids is 1. The van der Waals surface area contributed by atoms with Gasteiger partial charge in [-0.15, -0.1) is 0 Å². The minimum atomic E-state index is -4.64. The van der Waals surface area contributed by atoms with Crippen molar-refractivity contribution >= 4 is 13.8 Å². The summed E-state index contributed by atoms with van der Waals surface area (Å²) in [4.78, 5) is 32.3. The molecule has 0 fully saturated rings. The Hall–Kier alpha value is -0.680. The third kappa shape index (κ3) is 20.7. The van der Waals surface area contributed by atoms with E-state index in [1.54, 1.807) is 0 Å². The SMILES string of the molecule is C=CC(=O)OCC(CC)CCCC.O=P(O)(O)O. The van der Waals surface area contributed by atoms with Gasteiger partial charge in [-0.1, -0.05) is 39.7 Å². The molecule has 0 radical (unpaired) electrons. The molecule has 0 amide bonds. The fraction of sp³-hybridized carbons (Fsp3) is 0.727. The van der Waals surface area contributed by atoms with Gasteiger partial charge in [-0.25, -0.2) is 9.36 Å². The largest absolute Gasteiger partial charge is 0.466 e. The van der Waals surface area contributed by atoms with E-state index >= 15 is 0 Å². The second kappa shape index (κ2) is 11.4. The van der Waals surface area contributed by atoms with Crippen molar-refractivity contribution in [2.45, 2.75) is 39.5 Å². The highest BCUT2D eigenvalue weighted by Gasteiger charge is 2.07. The molecule has 0 aliphatic rings. The van der Waals surface area contributed by atoms with Gasteiger partial charge in [0.05, 0.1) is 6.61 Å². The van der Waals surface area contributed by atoms with Crippen LogP contribution in [0, 0.1) is 5.92 Å². The Labute approximate surface area is 108 Å². The number of carbonyl (C=O) groups is 1. The van der Waals surface area contributed by atoms with Gasteiger partial charge in [0.15, 0.2) is 0 Å². The van der Waals surface area contributed by atoms with E-state index < -0.39 is 7.82 Å². The first-order valence-electron chi connectivity index (χ1n) is 5.82. The molecule has 0 aromatic carbocycles. The first kappa shape index (κ1) is 19.7. The molecule has 0 aliphatic carbocycles.